The third-order valence-electron chi connectivity index (χ3n) is 3.67. The van der Waals surface area contributed by atoms with Crippen LogP contribution in [-0.2, 0) is 9.53 Å². The van der Waals surface area contributed by atoms with Crippen molar-refractivity contribution in [2.45, 2.75) is 0 Å². The maximum atomic E-state index is 12.1. The maximum absolute atomic E-state index is 12.1. The second-order valence-corrected chi connectivity index (χ2v) is 5.18. The predicted molar refractivity (Wildman–Crippen MR) is 93.1 cm³/mol. The molecule has 0 spiro atoms. The van der Waals surface area contributed by atoms with Crippen molar-refractivity contribution >= 4 is 17.9 Å². The van der Waals surface area contributed by atoms with Gasteiger partial charge in [0.15, 0.2) is 17.2 Å². The number of hydrogen-bond acceptors (Lipinski definition) is 6. The van der Waals surface area contributed by atoms with Gasteiger partial charge in [-0.3, -0.25) is 0 Å². The van der Waals surface area contributed by atoms with Crippen LogP contribution in [0.15, 0.2) is 53.2 Å². The molecule has 1 aliphatic rings. The van der Waals surface area contributed by atoms with Crippen molar-refractivity contribution in [3.63, 3.8) is 0 Å². The lowest BCUT2D eigenvalue weighted by molar-refractivity contribution is -0.129. The molecule has 0 aromatic heterocycles. The van der Waals surface area contributed by atoms with Crippen LogP contribution in [0.25, 0.3) is 6.08 Å². The molecule has 6 heteroatoms. The molecule has 0 atom stereocenters. The number of methoxy groups -OCH3 is 3. The highest BCUT2D eigenvalue weighted by molar-refractivity contribution is 6.13. The van der Waals surface area contributed by atoms with Crippen LogP contribution in [0.2, 0.25) is 0 Å². The first-order valence-electron chi connectivity index (χ1n) is 7.53. The summed E-state index contributed by atoms with van der Waals surface area (Å²) in [6, 6.07) is 12.5. The minimum atomic E-state index is -0.499. The molecule has 0 fully saturated rings. The number of hydrogen-bond donors (Lipinski definition) is 0. The van der Waals surface area contributed by atoms with Gasteiger partial charge >= 0.3 is 5.97 Å². The van der Waals surface area contributed by atoms with Crippen LogP contribution in [-0.4, -0.2) is 33.2 Å². The average molecular weight is 339 g/mol. The maximum Gasteiger partial charge on any atom is 0.363 e. The van der Waals surface area contributed by atoms with Gasteiger partial charge in [-0.2, -0.15) is 0 Å². The van der Waals surface area contributed by atoms with Gasteiger partial charge in [-0.05, 0) is 42.0 Å². The third-order valence-corrected chi connectivity index (χ3v) is 3.67. The van der Waals surface area contributed by atoms with Gasteiger partial charge in [-0.1, -0.05) is 12.1 Å². The van der Waals surface area contributed by atoms with Crippen molar-refractivity contribution in [3.8, 4) is 17.2 Å². The molecule has 2 aromatic rings. The Hall–Kier alpha value is -3.28. The van der Waals surface area contributed by atoms with E-state index in [-0.39, 0.29) is 11.6 Å². The summed E-state index contributed by atoms with van der Waals surface area (Å²) in [5.41, 5.74) is 1.68. The van der Waals surface area contributed by atoms with Crippen molar-refractivity contribution in [2.24, 2.45) is 4.99 Å². The largest absolute Gasteiger partial charge is 0.497 e. The number of carbonyl (C=O) groups excluding carboxylic acids is 1. The number of rotatable bonds is 5. The Kier molecular flexibility index (Phi) is 4.70. The number of ether oxygens (including phenoxy) is 4. The van der Waals surface area contributed by atoms with Crippen molar-refractivity contribution in [3.05, 3.63) is 59.3 Å². The fourth-order valence-electron chi connectivity index (χ4n) is 2.36. The molecular formula is C19H17NO5. The molecule has 0 aliphatic carbocycles. The van der Waals surface area contributed by atoms with Crippen LogP contribution >= 0.6 is 0 Å². The highest BCUT2D eigenvalue weighted by atomic mass is 16.6. The molecule has 0 bridgehead atoms. The number of carbonyl (C=O) groups is 1. The summed E-state index contributed by atoms with van der Waals surface area (Å²) in [5.74, 6) is 1.59. The van der Waals surface area contributed by atoms with Crippen LogP contribution in [0.5, 0.6) is 17.2 Å². The molecule has 2 aromatic carbocycles. The summed E-state index contributed by atoms with van der Waals surface area (Å²) in [7, 11) is 4.70. The zero-order valence-electron chi connectivity index (χ0n) is 14.1. The van der Waals surface area contributed by atoms with E-state index in [1.165, 1.54) is 0 Å². The van der Waals surface area contributed by atoms with E-state index in [9.17, 15) is 4.79 Å². The van der Waals surface area contributed by atoms with Crippen LogP contribution in [0, 0.1) is 0 Å². The van der Waals surface area contributed by atoms with E-state index in [2.05, 4.69) is 4.99 Å². The highest BCUT2D eigenvalue weighted by Gasteiger charge is 2.25. The van der Waals surface area contributed by atoms with Crippen molar-refractivity contribution < 1.29 is 23.7 Å². The molecule has 1 heterocycles. The minimum Gasteiger partial charge on any atom is -0.497 e. The minimum absolute atomic E-state index is 0.228. The molecular weight excluding hydrogens is 322 g/mol. The number of nitrogens with zero attached hydrogens (tertiary/aromatic N) is 1. The Balaban J connectivity index is 1.90. The van der Waals surface area contributed by atoms with Crippen LogP contribution < -0.4 is 14.2 Å². The molecule has 3 rings (SSSR count). The van der Waals surface area contributed by atoms with Gasteiger partial charge < -0.3 is 18.9 Å². The highest BCUT2D eigenvalue weighted by Crippen LogP contribution is 2.29. The number of aliphatic imine (C=N–C) groups is 1. The lowest BCUT2D eigenvalue weighted by atomic mass is 10.2. The Labute approximate surface area is 145 Å². The standard InChI is InChI=1S/C19H17NO5/c1-22-14-7-4-12(5-8-14)10-15-19(21)25-18(20-15)13-6-9-16(23-2)17(11-13)24-3/h4-11H,1-3H3/b15-10-. The van der Waals surface area contributed by atoms with E-state index in [4.69, 9.17) is 18.9 Å². The summed E-state index contributed by atoms with van der Waals surface area (Å²) in [6.45, 7) is 0. The second-order valence-electron chi connectivity index (χ2n) is 5.18. The number of benzene rings is 2. The average Bonchev–Trinajstić information content (AvgIpc) is 3.02. The monoisotopic (exact) mass is 339 g/mol. The Morgan fingerprint density at radius 1 is 0.920 bits per heavy atom. The molecule has 0 N–H and O–H groups in total. The lowest BCUT2D eigenvalue weighted by Crippen LogP contribution is -2.05. The molecule has 0 saturated carbocycles. The zero-order chi connectivity index (χ0) is 17.8. The lowest BCUT2D eigenvalue weighted by Gasteiger charge is -2.08. The third kappa shape index (κ3) is 3.47. The first-order chi connectivity index (χ1) is 12.1. The van der Waals surface area contributed by atoms with Gasteiger partial charge in [0.05, 0.1) is 21.3 Å². The Morgan fingerprint density at radius 2 is 1.64 bits per heavy atom. The van der Waals surface area contributed by atoms with E-state index in [1.54, 1.807) is 45.6 Å². The van der Waals surface area contributed by atoms with E-state index in [0.29, 0.717) is 17.1 Å². The van der Waals surface area contributed by atoms with Gasteiger partial charge in [0.2, 0.25) is 5.90 Å². The summed E-state index contributed by atoms with van der Waals surface area (Å²) in [4.78, 5) is 16.4. The van der Waals surface area contributed by atoms with Crippen molar-refractivity contribution in [2.75, 3.05) is 21.3 Å². The summed E-state index contributed by atoms with van der Waals surface area (Å²) >= 11 is 0. The van der Waals surface area contributed by atoms with Crippen LogP contribution in [0.3, 0.4) is 0 Å². The van der Waals surface area contributed by atoms with Gasteiger partial charge in [-0.15, -0.1) is 0 Å². The van der Waals surface area contributed by atoms with E-state index < -0.39 is 5.97 Å². The van der Waals surface area contributed by atoms with Gasteiger partial charge in [-0.25, -0.2) is 9.79 Å². The molecule has 0 amide bonds. The van der Waals surface area contributed by atoms with Crippen LogP contribution in [0.4, 0.5) is 0 Å². The summed E-state index contributed by atoms with van der Waals surface area (Å²) in [5, 5.41) is 0. The van der Waals surface area contributed by atoms with E-state index in [1.807, 2.05) is 24.3 Å². The van der Waals surface area contributed by atoms with Crippen molar-refractivity contribution in [1.82, 2.24) is 0 Å². The summed E-state index contributed by atoms with van der Waals surface area (Å²) in [6.07, 6.45) is 1.66. The first kappa shape index (κ1) is 16.6. The molecule has 128 valence electrons. The predicted octanol–water partition coefficient (Wildman–Crippen LogP) is 3.06. The molecule has 6 nitrogen and oxygen atoms in total. The Morgan fingerprint density at radius 3 is 2.28 bits per heavy atom. The van der Waals surface area contributed by atoms with Gasteiger partial charge in [0.1, 0.15) is 5.75 Å². The zero-order valence-corrected chi connectivity index (χ0v) is 14.1. The molecule has 25 heavy (non-hydrogen) atoms. The fraction of sp³-hybridized carbons (Fsp3) is 0.158. The van der Waals surface area contributed by atoms with Crippen molar-refractivity contribution in [1.29, 1.82) is 0 Å². The van der Waals surface area contributed by atoms with E-state index >= 15 is 0 Å². The van der Waals surface area contributed by atoms with Crippen LogP contribution in [0.1, 0.15) is 11.1 Å². The molecule has 0 unspecified atom stereocenters. The second kappa shape index (κ2) is 7.09. The molecule has 0 radical (unpaired) electrons. The van der Waals surface area contributed by atoms with Gasteiger partial charge in [0, 0.05) is 5.56 Å². The SMILES string of the molecule is COc1ccc(/C=C2\N=C(c3ccc(OC)c(OC)c3)OC2=O)cc1. The molecule has 0 saturated heterocycles. The first-order valence-corrected chi connectivity index (χ1v) is 7.53. The van der Waals surface area contributed by atoms with E-state index in [0.717, 1.165) is 11.3 Å². The Bertz CT molecular complexity index is 853. The van der Waals surface area contributed by atoms with Gasteiger partial charge in [0.25, 0.3) is 0 Å². The quantitative estimate of drug-likeness (QED) is 0.619. The summed E-state index contributed by atoms with van der Waals surface area (Å²) < 4.78 is 20.8. The molecule has 1 aliphatic heterocycles. The normalized spacial score (nSPS) is 14.9. The number of esters is 1. The fourth-order valence-corrected chi connectivity index (χ4v) is 2.36. The smallest absolute Gasteiger partial charge is 0.363 e. The topological polar surface area (TPSA) is 66.3 Å². The number of cyclic esters (lactones) is 1.